The topological polar surface area (TPSA) is 52.6 Å². The number of unbranched alkanes of at least 4 members (excludes halogenated alkanes) is 3. The van der Waals surface area contributed by atoms with Gasteiger partial charge in [0.25, 0.3) is 0 Å². The molecule has 6 heteroatoms. The first kappa shape index (κ1) is 20.6. The summed E-state index contributed by atoms with van der Waals surface area (Å²) in [6, 6.07) is 9.42. The third-order valence-electron chi connectivity index (χ3n) is 3.95. The predicted octanol–water partition coefficient (Wildman–Crippen LogP) is 5.06. The molecule has 0 spiro atoms. The Balaban J connectivity index is 1.97. The average molecular weight is 376 g/mol. The van der Waals surface area contributed by atoms with E-state index in [0.29, 0.717) is 5.56 Å². The van der Waals surface area contributed by atoms with E-state index < -0.39 is 23.6 Å². The lowest BCUT2D eigenvalue weighted by molar-refractivity contribution is 0.0436. The van der Waals surface area contributed by atoms with E-state index in [1.807, 2.05) is 0 Å². The molecule has 0 N–H and O–H groups in total. The van der Waals surface area contributed by atoms with Crippen LogP contribution >= 0.6 is 0 Å². The molecule has 0 aliphatic rings. The molecule has 0 saturated carbocycles. The molecule has 0 amide bonds. The summed E-state index contributed by atoms with van der Waals surface area (Å²) >= 11 is 0. The van der Waals surface area contributed by atoms with E-state index in [-0.39, 0.29) is 24.3 Å². The van der Waals surface area contributed by atoms with E-state index in [1.54, 1.807) is 12.1 Å². The molecular weight excluding hydrogens is 354 g/mol. The molecule has 0 heterocycles. The number of hydrogen-bond acceptors (Lipinski definition) is 4. The Morgan fingerprint density at radius 3 is 2.15 bits per heavy atom. The zero-order valence-corrected chi connectivity index (χ0v) is 15.2. The van der Waals surface area contributed by atoms with E-state index in [1.165, 1.54) is 18.2 Å². The highest BCUT2D eigenvalue weighted by atomic mass is 19.2. The molecule has 27 heavy (non-hydrogen) atoms. The van der Waals surface area contributed by atoms with Crippen LogP contribution in [-0.2, 0) is 16.1 Å². The zero-order chi connectivity index (χ0) is 19.6. The highest BCUT2D eigenvalue weighted by Crippen LogP contribution is 2.15. The van der Waals surface area contributed by atoms with Crippen LogP contribution in [0.3, 0.4) is 0 Å². The van der Waals surface area contributed by atoms with Gasteiger partial charge in [-0.2, -0.15) is 0 Å². The van der Waals surface area contributed by atoms with E-state index in [4.69, 9.17) is 9.47 Å². The van der Waals surface area contributed by atoms with E-state index >= 15 is 0 Å². The van der Waals surface area contributed by atoms with Crippen molar-refractivity contribution >= 4 is 11.9 Å². The molecule has 0 aromatic heterocycles. The van der Waals surface area contributed by atoms with Crippen molar-refractivity contribution in [1.29, 1.82) is 0 Å². The molecule has 0 atom stereocenters. The van der Waals surface area contributed by atoms with Gasteiger partial charge in [-0.3, -0.25) is 0 Å². The van der Waals surface area contributed by atoms with Crippen molar-refractivity contribution in [3.8, 4) is 0 Å². The fourth-order valence-corrected chi connectivity index (χ4v) is 2.47. The summed E-state index contributed by atoms with van der Waals surface area (Å²) in [5.74, 6) is -3.32. The second-order valence-corrected chi connectivity index (χ2v) is 6.07. The normalized spacial score (nSPS) is 10.5. The van der Waals surface area contributed by atoms with Gasteiger partial charge in [0.1, 0.15) is 6.61 Å². The highest BCUT2D eigenvalue weighted by Gasteiger charge is 2.19. The molecule has 0 radical (unpaired) electrons. The Morgan fingerprint density at radius 1 is 0.852 bits per heavy atom. The summed E-state index contributed by atoms with van der Waals surface area (Å²) < 4.78 is 36.5. The first-order valence-corrected chi connectivity index (χ1v) is 8.90. The van der Waals surface area contributed by atoms with Crippen LogP contribution in [0.15, 0.2) is 42.5 Å². The molecular formula is C21H22F2O4. The average Bonchev–Trinajstić information content (AvgIpc) is 2.68. The number of benzene rings is 2. The van der Waals surface area contributed by atoms with Gasteiger partial charge in [-0.25, -0.2) is 18.4 Å². The molecule has 2 rings (SSSR count). The molecule has 0 aliphatic carbocycles. The van der Waals surface area contributed by atoms with Gasteiger partial charge in [-0.15, -0.1) is 0 Å². The number of halogens is 2. The highest BCUT2D eigenvalue weighted by molar-refractivity contribution is 6.03. The van der Waals surface area contributed by atoms with E-state index in [0.717, 1.165) is 37.8 Å². The summed E-state index contributed by atoms with van der Waals surface area (Å²) in [7, 11) is 0. The fraction of sp³-hybridized carbons (Fsp3) is 0.333. The summed E-state index contributed by atoms with van der Waals surface area (Å²) in [5.41, 5.74) is 0.486. The van der Waals surface area contributed by atoms with Crippen molar-refractivity contribution in [3.05, 3.63) is 70.8 Å². The number of rotatable bonds is 9. The van der Waals surface area contributed by atoms with E-state index in [2.05, 4.69) is 6.92 Å². The summed E-state index contributed by atoms with van der Waals surface area (Å²) in [5, 5.41) is 0. The van der Waals surface area contributed by atoms with Gasteiger partial charge < -0.3 is 9.47 Å². The third kappa shape index (κ3) is 6.16. The van der Waals surface area contributed by atoms with Gasteiger partial charge in [0, 0.05) is 0 Å². The van der Waals surface area contributed by atoms with Crippen LogP contribution < -0.4 is 0 Å². The lowest BCUT2D eigenvalue weighted by atomic mass is 10.1. The molecule has 0 unspecified atom stereocenters. The molecule has 4 nitrogen and oxygen atoms in total. The van der Waals surface area contributed by atoms with Gasteiger partial charge in [0.2, 0.25) is 0 Å². The Kier molecular flexibility index (Phi) is 7.92. The van der Waals surface area contributed by atoms with Crippen molar-refractivity contribution < 1.29 is 27.8 Å². The minimum absolute atomic E-state index is 0.0682. The SMILES string of the molecule is CCCCCCOC(=O)c1ccccc1C(=O)OCc1ccc(F)c(F)c1. The minimum Gasteiger partial charge on any atom is -0.462 e. The number of ether oxygens (including phenoxy) is 2. The monoisotopic (exact) mass is 376 g/mol. The molecule has 0 aliphatic heterocycles. The molecule has 2 aromatic carbocycles. The second-order valence-electron chi connectivity index (χ2n) is 6.07. The van der Waals surface area contributed by atoms with Crippen molar-refractivity contribution in [2.75, 3.05) is 6.61 Å². The van der Waals surface area contributed by atoms with Crippen LogP contribution in [0.5, 0.6) is 0 Å². The zero-order valence-electron chi connectivity index (χ0n) is 15.2. The summed E-state index contributed by atoms with van der Waals surface area (Å²) in [4.78, 5) is 24.6. The van der Waals surface area contributed by atoms with Crippen LogP contribution in [0.2, 0.25) is 0 Å². The Hall–Kier alpha value is -2.76. The maximum absolute atomic E-state index is 13.2. The lowest BCUT2D eigenvalue weighted by Gasteiger charge is -2.10. The standard InChI is InChI=1S/C21H22F2O4/c1-2-3-4-7-12-26-20(24)16-8-5-6-9-17(16)21(25)27-14-15-10-11-18(22)19(23)13-15/h5-6,8-11,13H,2-4,7,12,14H2,1H3. The van der Waals surface area contributed by atoms with Gasteiger partial charge in [0.05, 0.1) is 17.7 Å². The Morgan fingerprint density at radius 2 is 1.52 bits per heavy atom. The van der Waals surface area contributed by atoms with Gasteiger partial charge in [-0.05, 0) is 36.2 Å². The molecule has 144 valence electrons. The van der Waals surface area contributed by atoms with Crippen LogP contribution in [-0.4, -0.2) is 18.5 Å². The first-order chi connectivity index (χ1) is 13.0. The largest absolute Gasteiger partial charge is 0.462 e. The van der Waals surface area contributed by atoms with Crippen molar-refractivity contribution in [3.63, 3.8) is 0 Å². The van der Waals surface area contributed by atoms with Crippen molar-refractivity contribution in [2.24, 2.45) is 0 Å². The molecule has 0 fully saturated rings. The minimum atomic E-state index is -1.02. The maximum atomic E-state index is 13.2. The van der Waals surface area contributed by atoms with E-state index in [9.17, 15) is 18.4 Å². The summed E-state index contributed by atoms with van der Waals surface area (Å²) in [6.07, 6.45) is 3.90. The quantitative estimate of drug-likeness (QED) is 0.453. The lowest BCUT2D eigenvalue weighted by Crippen LogP contribution is -2.14. The number of hydrogen-bond donors (Lipinski definition) is 0. The van der Waals surface area contributed by atoms with Crippen molar-refractivity contribution in [1.82, 2.24) is 0 Å². The Bertz CT molecular complexity index is 790. The van der Waals surface area contributed by atoms with Crippen molar-refractivity contribution in [2.45, 2.75) is 39.2 Å². The maximum Gasteiger partial charge on any atom is 0.339 e. The van der Waals surface area contributed by atoms with Gasteiger partial charge >= 0.3 is 11.9 Å². The molecule has 0 bridgehead atoms. The smallest absolute Gasteiger partial charge is 0.339 e. The van der Waals surface area contributed by atoms with Gasteiger partial charge in [0.15, 0.2) is 11.6 Å². The molecule has 0 saturated heterocycles. The number of carbonyl (C=O) groups excluding carboxylic acids is 2. The fourth-order valence-electron chi connectivity index (χ4n) is 2.47. The third-order valence-corrected chi connectivity index (χ3v) is 3.95. The second kappa shape index (κ2) is 10.4. The molecule has 2 aromatic rings. The Labute approximate surface area is 157 Å². The van der Waals surface area contributed by atoms with Crippen LogP contribution in [0.1, 0.15) is 58.9 Å². The van der Waals surface area contributed by atoms with Crippen LogP contribution in [0, 0.1) is 11.6 Å². The first-order valence-electron chi connectivity index (χ1n) is 8.90. The summed E-state index contributed by atoms with van der Waals surface area (Å²) in [6.45, 7) is 2.14. The predicted molar refractivity (Wildman–Crippen MR) is 96.3 cm³/mol. The van der Waals surface area contributed by atoms with Crippen LogP contribution in [0.4, 0.5) is 8.78 Å². The number of carbonyl (C=O) groups is 2. The number of esters is 2. The van der Waals surface area contributed by atoms with Crippen LogP contribution in [0.25, 0.3) is 0 Å². The van der Waals surface area contributed by atoms with Gasteiger partial charge in [-0.1, -0.05) is 44.4 Å².